The van der Waals surface area contributed by atoms with E-state index in [1.807, 2.05) is 19.9 Å². The molecule has 0 amide bonds. The van der Waals surface area contributed by atoms with E-state index < -0.39 is 11.6 Å². The Kier molecular flexibility index (Phi) is 4.32. The lowest BCUT2D eigenvalue weighted by Crippen LogP contribution is -2.22. The first-order valence-electron chi connectivity index (χ1n) is 6.41. The molecule has 0 aliphatic heterocycles. The summed E-state index contributed by atoms with van der Waals surface area (Å²) in [5.41, 5.74) is 1.49. The Labute approximate surface area is 111 Å². The van der Waals surface area contributed by atoms with Crippen molar-refractivity contribution in [3.63, 3.8) is 0 Å². The van der Waals surface area contributed by atoms with E-state index >= 15 is 0 Å². The zero-order chi connectivity index (χ0) is 13.8. The second-order valence-electron chi connectivity index (χ2n) is 4.35. The summed E-state index contributed by atoms with van der Waals surface area (Å²) in [5.74, 6) is -0.311. The quantitative estimate of drug-likeness (QED) is 0.889. The molecule has 1 unspecified atom stereocenters. The summed E-state index contributed by atoms with van der Waals surface area (Å²) in [7, 11) is 0. The van der Waals surface area contributed by atoms with Gasteiger partial charge in [-0.15, -0.1) is 0 Å². The first-order valence-corrected chi connectivity index (χ1v) is 6.41. The fourth-order valence-corrected chi connectivity index (χ4v) is 2.25. The van der Waals surface area contributed by atoms with Crippen molar-refractivity contribution < 1.29 is 13.2 Å². The summed E-state index contributed by atoms with van der Waals surface area (Å²) >= 11 is 0. The van der Waals surface area contributed by atoms with E-state index in [-0.39, 0.29) is 6.04 Å². The molecule has 0 saturated carbocycles. The minimum atomic E-state index is -0.570. The lowest BCUT2D eigenvalue weighted by Gasteiger charge is -2.18. The Balaban J connectivity index is 2.45. The molecule has 19 heavy (non-hydrogen) atoms. The highest BCUT2D eigenvalue weighted by molar-refractivity contribution is 5.34. The standard InChI is InChI=1S/C15H17F2NO/c1-3-14-13(5-6-19-14)15(18-4-2)10-7-11(16)9-12(17)8-10/h5-9,15,18H,3-4H2,1-2H3. The Morgan fingerprint density at radius 1 is 1.16 bits per heavy atom. The number of halogens is 2. The van der Waals surface area contributed by atoms with Crippen LogP contribution in [0.15, 0.2) is 34.9 Å². The van der Waals surface area contributed by atoms with E-state index in [0.29, 0.717) is 12.1 Å². The van der Waals surface area contributed by atoms with Gasteiger partial charge < -0.3 is 9.73 Å². The highest BCUT2D eigenvalue weighted by Crippen LogP contribution is 2.27. The van der Waals surface area contributed by atoms with Crippen molar-refractivity contribution in [2.45, 2.75) is 26.3 Å². The molecule has 1 heterocycles. The number of furan rings is 1. The van der Waals surface area contributed by atoms with Crippen molar-refractivity contribution >= 4 is 0 Å². The number of nitrogens with one attached hydrogen (secondary N) is 1. The second kappa shape index (κ2) is 5.97. The SMILES string of the molecule is CCNC(c1cc(F)cc(F)c1)c1ccoc1CC. The van der Waals surface area contributed by atoms with Gasteiger partial charge in [0.1, 0.15) is 17.4 Å². The molecule has 1 atom stereocenters. The average molecular weight is 265 g/mol. The zero-order valence-corrected chi connectivity index (χ0v) is 11.0. The molecule has 0 bridgehead atoms. The molecular weight excluding hydrogens is 248 g/mol. The van der Waals surface area contributed by atoms with Gasteiger partial charge in [0.15, 0.2) is 0 Å². The molecule has 1 aromatic heterocycles. The molecule has 2 nitrogen and oxygen atoms in total. The van der Waals surface area contributed by atoms with Gasteiger partial charge >= 0.3 is 0 Å². The van der Waals surface area contributed by atoms with Gasteiger partial charge in [0, 0.05) is 18.1 Å². The van der Waals surface area contributed by atoms with Gasteiger partial charge in [-0.1, -0.05) is 13.8 Å². The van der Waals surface area contributed by atoms with E-state index in [0.717, 1.165) is 23.8 Å². The lowest BCUT2D eigenvalue weighted by atomic mass is 9.98. The third-order valence-corrected chi connectivity index (χ3v) is 3.04. The van der Waals surface area contributed by atoms with Crippen LogP contribution < -0.4 is 5.32 Å². The Bertz CT molecular complexity index is 531. The van der Waals surface area contributed by atoms with Crippen LogP contribution in [0.4, 0.5) is 8.78 Å². The highest BCUT2D eigenvalue weighted by Gasteiger charge is 2.19. The number of aryl methyl sites for hydroxylation is 1. The van der Waals surface area contributed by atoms with Crippen LogP contribution in [0.1, 0.15) is 36.8 Å². The number of rotatable bonds is 5. The smallest absolute Gasteiger partial charge is 0.126 e. The third kappa shape index (κ3) is 3.01. The van der Waals surface area contributed by atoms with Crippen LogP contribution in [-0.4, -0.2) is 6.54 Å². The molecule has 0 spiro atoms. The van der Waals surface area contributed by atoms with Crippen molar-refractivity contribution in [1.29, 1.82) is 0 Å². The molecular formula is C15H17F2NO. The van der Waals surface area contributed by atoms with Gasteiger partial charge in [-0.05, 0) is 30.3 Å². The maximum atomic E-state index is 13.4. The van der Waals surface area contributed by atoms with Gasteiger partial charge in [0.25, 0.3) is 0 Å². The van der Waals surface area contributed by atoms with Gasteiger partial charge in [0.2, 0.25) is 0 Å². The summed E-state index contributed by atoms with van der Waals surface area (Å²) in [5, 5.41) is 3.24. The monoisotopic (exact) mass is 265 g/mol. The number of hydrogen-bond acceptors (Lipinski definition) is 2. The van der Waals surface area contributed by atoms with E-state index in [9.17, 15) is 8.78 Å². The molecule has 102 valence electrons. The highest BCUT2D eigenvalue weighted by atomic mass is 19.1. The van der Waals surface area contributed by atoms with Crippen LogP contribution in [0.2, 0.25) is 0 Å². The molecule has 1 N–H and O–H groups in total. The van der Waals surface area contributed by atoms with Crippen LogP contribution >= 0.6 is 0 Å². The molecule has 0 aliphatic carbocycles. The van der Waals surface area contributed by atoms with Crippen molar-refractivity contribution in [3.05, 3.63) is 59.1 Å². The number of benzene rings is 1. The molecule has 0 radical (unpaired) electrons. The van der Waals surface area contributed by atoms with Crippen LogP contribution in [0.5, 0.6) is 0 Å². The van der Waals surface area contributed by atoms with Gasteiger partial charge in [-0.3, -0.25) is 0 Å². The molecule has 0 fully saturated rings. The van der Waals surface area contributed by atoms with Crippen molar-refractivity contribution in [2.24, 2.45) is 0 Å². The van der Waals surface area contributed by atoms with Crippen LogP contribution in [0, 0.1) is 11.6 Å². The van der Waals surface area contributed by atoms with Gasteiger partial charge in [-0.2, -0.15) is 0 Å². The Morgan fingerprint density at radius 3 is 2.42 bits per heavy atom. The van der Waals surface area contributed by atoms with Crippen LogP contribution in [0.25, 0.3) is 0 Å². The van der Waals surface area contributed by atoms with Gasteiger partial charge in [-0.25, -0.2) is 8.78 Å². The van der Waals surface area contributed by atoms with E-state index in [4.69, 9.17) is 4.42 Å². The van der Waals surface area contributed by atoms with E-state index in [1.54, 1.807) is 6.26 Å². The third-order valence-electron chi connectivity index (χ3n) is 3.04. The van der Waals surface area contributed by atoms with Crippen molar-refractivity contribution in [3.8, 4) is 0 Å². The largest absolute Gasteiger partial charge is 0.469 e. The normalized spacial score (nSPS) is 12.6. The predicted octanol–water partition coefficient (Wildman–Crippen LogP) is 3.82. The summed E-state index contributed by atoms with van der Waals surface area (Å²) in [6.07, 6.45) is 2.34. The Morgan fingerprint density at radius 2 is 1.84 bits per heavy atom. The van der Waals surface area contributed by atoms with E-state index in [1.165, 1.54) is 12.1 Å². The summed E-state index contributed by atoms with van der Waals surface area (Å²) in [6.45, 7) is 4.63. The minimum Gasteiger partial charge on any atom is -0.469 e. The van der Waals surface area contributed by atoms with E-state index in [2.05, 4.69) is 5.32 Å². The molecule has 2 rings (SSSR count). The van der Waals surface area contributed by atoms with Gasteiger partial charge in [0.05, 0.1) is 12.3 Å². The maximum Gasteiger partial charge on any atom is 0.126 e. The second-order valence-corrected chi connectivity index (χ2v) is 4.35. The summed E-state index contributed by atoms with van der Waals surface area (Å²) in [6, 6.07) is 5.16. The van der Waals surface area contributed by atoms with Crippen molar-refractivity contribution in [1.82, 2.24) is 5.32 Å². The predicted molar refractivity (Wildman–Crippen MR) is 70.0 cm³/mol. The molecule has 0 aliphatic rings. The topological polar surface area (TPSA) is 25.2 Å². The van der Waals surface area contributed by atoms with Crippen LogP contribution in [0.3, 0.4) is 0 Å². The molecule has 2 aromatic rings. The fraction of sp³-hybridized carbons (Fsp3) is 0.333. The zero-order valence-electron chi connectivity index (χ0n) is 11.0. The molecule has 0 saturated heterocycles. The summed E-state index contributed by atoms with van der Waals surface area (Å²) < 4.78 is 32.1. The fourth-order valence-electron chi connectivity index (χ4n) is 2.25. The molecule has 4 heteroatoms. The first kappa shape index (κ1) is 13.7. The lowest BCUT2D eigenvalue weighted by molar-refractivity contribution is 0.500. The molecule has 1 aromatic carbocycles. The number of hydrogen-bond donors (Lipinski definition) is 1. The average Bonchev–Trinajstić information content (AvgIpc) is 2.82. The first-order chi connectivity index (χ1) is 9.15. The summed E-state index contributed by atoms with van der Waals surface area (Å²) in [4.78, 5) is 0. The van der Waals surface area contributed by atoms with Crippen LogP contribution in [-0.2, 0) is 6.42 Å². The maximum absolute atomic E-state index is 13.4. The van der Waals surface area contributed by atoms with Crippen molar-refractivity contribution in [2.75, 3.05) is 6.54 Å². The minimum absolute atomic E-state index is 0.260. The Hall–Kier alpha value is -1.68.